The van der Waals surface area contributed by atoms with Gasteiger partial charge in [0.25, 0.3) is 0 Å². The number of rotatable bonds is 2. The van der Waals surface area contributed by atoms with E-state index in [2.05, 4.69) is 4.98 Å². The van der Waals surface area contributed by atoms with Gasteiger partial charge in [-0.3, -0.25) is 4.79 Å². The number of H-pyrrole nitrogens is 1. The lowest BCUT2D eigenvalue weighted by Gasteiger charge is -2.10. The Labute approximate surface area is 102 Å². The van der Waals surface area contributed by atoms with E-state index in [9.17, 15) is 4.79 Å². The molecule has 0 bridgehead atoms. The normalized spacial score (nSPS) is 12.9. The van der Waals surface area contributed by atoms with E-state index in [1.165, 1.54) is 0 Å². The van der Waals surface area contributed by atoms with E-state index in [4.69, 9.17) is 29.6 Å². The molecule has 1 aromatic heterocycles. The van der Waals surface area contributed by atoms with Gasteiger partial charge in [-0.05, 0) is 37.3 Å². The molecule has 0 radical (unpaired) electrons. The quantitative estimate of drug-likeness (QED) is 0.810. The predicted octanol–water partition coefficient (Wildman–Crippen LogP) is 2.40. The number of imidazole rings is 1. The Bertz CT molecular complexity index is 616. The molecule has 1 heterocycles. The van der Waals surface area contributed by atoms with Crippen LogP contribution in [0, 0.1) is 4.77 Å². The second-order valence-electron chi connectivity index (χ2n) is 3.54. The molecule has 1 aromatic carbocycles. The van der Waals surface area contributed by atoms with Crippen LogP contribution in [0.2, 0.25) is 5.02 Å². The lowest BCUT2D eigenvalue weighted by molar-refractivity contribution is -0.120. The van der Waals surface area contributed by atoms with E-state index >= 15 is 0 Å². The molecule has 0 aliphatic rings. The lowest BCUT2D eigenvalue weighted by atomic mass is 10.2. The molecule has 84 valence electrons. The van der Waals surface area contributed by atoms with Gasteiger partial charge in [0.2, 0.25) is 5.91 Å². The van der Waals surface area contributed by atoms with Crippen molar-refractivity contribution in [2.45, 2.75) is 13.0 Å². The van der Waals surface area contributed by atoms with Crippen molar-refractivity contribution >= 4 is 40.8 Å². The molecule has 0 spiro atoms. The van der Waals surface area contributed by atoms with Gasteiger partial charge in [-0.25, -0.2) is 0 Å². The van der Waals surface area contributed by atoms with E-state index in [1.807, 2.05) is 6.07 Å². The van der Waals surface area contributed by atoms with Crippen LogP contribution >= 0.6 is 23.8 Å². The standard InChI is InChI=1S/C10H10ClN3OS/c1-5(9(12)15)14-8-3-2-6(11)4-7(8)13-10(14)16/h2-5H,1H3,(H2,12,15)(H,13,16). The molecular weight excluding hydrogens is 246 g/mol. The molecule has 3 N–H and O–H groups in total. The van der Waals surface area contributed by atoms with Gasteiger partial charge in [0.1, 0.15) is 6.04 Å². The Kier molecular flexibility index (Phi) is 2.73. The summed E-state index contributed by atoms with van der Waals surface area (Å²) < 4.78 is 2.15. The van der Waals surface area contributed by atoms with Crippen LogP contribution in [-0.4, -0.2) is 15.5 Å². The average Bonchev–Trinajstić information content (AvgIpc) is 2.51. The maximum absolute atomic E-state index is 11.2. The summed E-state index contributed by atoms with van der Waals surface area (Å²) in [4.78, 5) is 14.2. The van der Waals surface area contributed by atoms with Gasteiger partial charge in [0.05, 0.1) is 11.0 Å². The van der Waals surface area contributed by atoms with Gasteiger partial charge < -0.3 is 15.3 Å². The van der Waals surface area contributed by atoms with Crippen LogP contribution < -0.4 is 5.73 Å². The van der Waals surface area contributed by atoms with Crippen LogP contribution in [0.25, 0.3) is 11.0 Å². The molecule has 0 aliphatic heterocycles. The fraction of sp³-hybridized carbons (Fsp3) is 0.200. The summed E-state index contributed by atoms with van der Waals surface area (Å²) in [6.07, 6.45) is 0. The molecule has 0 saturated heterocycles. The summed E-state index contributed by atoms with van der Waals surface area (Å²) in [5, 5.41) is 0.614. The number of aromatic nitrogens is 2. The van der Waals surface area contributed by atoms with Gasteiger partial charge in [0.15, 0.2) is 4.77 Å². The number of nitrogens with zero attached hydrogens (tertiary/aromatic N) is 1. The molecule has 6 heteroatoms. The van der Waals surface area contributed by atoms with Crippen molar-refractivity contribution in [3.63, 3.8) is 0 Å². The van der Waals surface area contributed by atoms with Crippen LogP contribution in [0.15, 0.2) is 18.2 Å². The number of carbonyl (C=O) groups excluding carboxylic acids is 1. The SMILES string of the molecule is CC(C(N)=O)n1c(=S)[nH]c2cc(Cl)ccc21. The van der Waals surface area contributed by atoms with Crippen molar-refractivity contribution in [2.75, 3.05) is 0 Å². The van der Waals surface area contributed by atoms with Crippen molar-refractivity contribution < 1.29 is 4.79 Å². The first kappa shape index (κ1) is 11.2. The molecule has 16 heavy (non-hydrogen) atoms. The first-order valence-corrected chi connectivity index (χ1v) is 5.48. The second-order valence-corrected chi connectivity index (χ2v) is 4.36. The van der Waals surface area contributed by atoms with Gasteiger partial charge in [-0.1, -0.05) is 11.6 Å². The first-order valence-electron chi connectivity index (χ1n) is 4.70. The van der Waals surface area contributed by atoms with Crippen LogP contribution in [0.1, 0.15) is 13.0 Å². The third-order valence-corrected chi connectivity index (χ3v) is 3.01. The fourth-order valence-electron chi connectivity index (χ4n) is 1.62. The molecule has 4 nitrogen and oxygen atoms in total. The highest BCUT2D eigenvalue weighted by atomic mass is 35.5. The molecule has 1 atom stereocenters. The lowest BCUT2D eigenvalue weighted by Crippen LogP contribution is -2.23. The maximum atomic E-state index is 11.2. The number of amides is 1. The highest BCUT2D eigenvalue weighted by Crippen LogP contribution is 2.22. The van der Waals surface area contributed by atoms with E-state index in [1.54, 1.807) is 23.6 Å². The highest BCUT2D eigenvalue weighted by molar-refractivity contribution is 7.71. The third kappa shape index (κ3) is 1.72. The Morgan fingerprint density at radius 3 is 2.94 bits per heavy atom. The second kappa shape index (κ2) is 3.92. The maximum Gasteiger partial charge on any atom is 0.240 e. The minimum Gasteiger partial charge on any atom is -0.368 e. The van der Waals surface area contributed by atoms with Crippen LogP contribution in [0.4, 0.5) is 0 Å². The number of primary amides is 1. The molecular formula is C10H10ClN3OS. The Morgan fingerprint density at radius 1 is 1.62 bits per heavy atom. The van der Waals surface area contributed by atoms with Crippen molar-refractivity contribution in [1.29, 1.82) is 0 Å². The Hall–Kier alpha value is -1.33. The fourth-order valence-corrected chi connectivity index (χ4v) is 2.15. The van der Waals surface area contributed by atoms with Gasteiger partial charge in [-0.15, -0.1) is 0 Å². The van der Waals surface area contributed by atoms with Gasteiger partial charge >= 0.3 is 0 Å². The number of benzene rings is 1. The van der Waals surface area contributed by atoms with Gasteiger partial charge in [-0.2, -0.15) is 0 Å². The number of nitrogens with two attached hydrogens (primary N) is 1. The molecule has 0 aliphatic carbocycles. The zero-order valence-electron chi connectivity index (χ0n) is 8.53. The third-order valence-electron chi connectivity index (χ3n) is 2.48. The minimum absolute atomic E-state index is 0.424. The summed E-state index contributed by atoms with van der Waals surface area (Å²) >= 11 is 11.0. The van der Waals surface area contributed by atoms with Crippen LogP contribution in [-0.2, 0) is 4.79 Å². The molecule has 1 unspecified atom stereocenters. The number of nitrogens with one attached hydrogen (secondary N) is 1. The number of aromatic amines is 1. The zero-order valence-corrected chi connectivity index (χ0v) is 10.1. The largest absolute Gasteiger partial charge is 0.368 e. The smallest absolute Gasteiger partial charge is 0.240 e. The van der Waals surface area contributed by atoms with Crippen LogP contribution in [0.3, 0.4) is 0 Å². The summed E-state index contributed by atoms with van der Waals surface area (Å²) in [5.74, 6) is -0.424. The van der Waals surface area contributed by atoms with Crippen molar-refractivity contribution in [2.24, 2.45) is 5.73 Å². The molecule has 2 rings (SSSR count). The number of hydrogen-bond donors (Lipinski definition) is 2. The van der Waals surface area contributed by atoms with E-state index in [0.717, 1.165) is 11.0 Å². The summed E-state index contributed by atoms with van der Waals surface area (Å²) in [6.45, 7) is 1.71. The number of carbonyl (C=O) groups is 1. The van der Waals surface area contributed by atoms with Crippen molar-refractivity contribution in [3.8, 4) is 0 Å². The molecule has 2 aromatic rings. The number of hydrogen-bond acceptors (Lipinski definition) is 2. The summed E-state index contributed by atoms with van der Waals surface area (Å²) in [5.41, 5.74) is 6.89. The summed E-state index contributed by atoms with van der Waals surface area (Å²) in [6, 6.07) is 4.83. The zero-order chi connectivity index (χ0) is 11.9. The Morgan fingerprint density at radius 2 is 2.31 bits per heavy atom. The topological polar surface area (TPSA) is 63.8 Å². The average molecular weight is 256 g/mol. The predicted molar refractivity (Wildman–Crippen MR) is 66.0 cm³/mol. The highest BCUT2D eigenvalue weighted by Gasteiger charge is 2.15. The number of fused-ring (bicyclic) bond motifs is 1. The van der Waals surface area contributed by atoms with E-state index in [-0.39, 0.29) is 0 Å². The molecule has 0 fully saturated rings. The van der Waals surface area contributed by atoms with E-state index < -0.39 is 11.9 Å². The number of halogens is 1. The van der Waals surface area contributed by atoms with E-state index in [0.29, 0.717) is 9.79 Å². The van der Waals surface area contributed by atoms with Crippen molar-refractivity contribution in [1.82, 2.24) is 9.55 Å². The minimum atomic E-state index is -0.484. The molecule has 0 saturated carbocycles. The van der Waals surface area contributed by atoms with Gasteiger partial charge in [0, 0.05) is 5.02 Å². The molecule has 1 amide bonds. The summed E-state index contributed by atoms with van der Waals surface area (Å²) in [7, 11) is 0. The Balaban J connectivity index is 2.74. The first-order chi connectivity index (χ1) is 7.50. The monoisotopic (exact) mass is 255 g/mol. The van der Waals surface area contributed by atoms with Crippen molar-refractivity contribution in [3.05, 3.63) is 28.0 Å². The van der Waals surface area contributed by atoms with Crippen LogP contribution in [0.5, 0.6) is 0 Å².